The van der Waals surface area contributed by atoms with E-state index < -0.39 is 6.23 Å². The first-order chi connectivity index (χ1) is 17.1. The maximum atomic E-state index is 6.58. The van der Waals surface area contributed by atoms with Crippen molar-refractivity contribution in [1.29, 1.82) is 0 Å². The maximum absolute atomic E-state index is 6.58. The number of para-hydroxylation sites is 1. The van der Waals surface area contributed by atoms with E-state index in [4.69, 9.17) is 28.4 Å². The third kappa shape index (κ3) is 3.85. The van der Waals surface area contributed by atoms with Crippen LogP contribution in [0.2, 0.25) is 0 Å². The molecular formula is C27H28N2O6. The van der Waals surface area contributed by atoms with Crippen LogP contribution in [-0.4, -0.2) is 40.6 Å². The molecular weight excluding hydrogens is 448 g/mol. The van der Waals surface area contributed by atoms with E-state index in [1.54, 1.807) is 35.5 Å². The van der Waals surface area contributed by atoms with Gasteiger partial charge in [-0.15, -0.1) is 0 Å². The Hall–Kier alpha value is -4.04. The predicted molar refractivity (Wildman–Crippen MR) is 131 cm³/mol. The summed E-state index contributed by atoms with van der Waals surface area (Å²) in [6, 6.07) is 17.5. The Labute approximate surface area is 204 Å². The van der Waals surface area contributed by atoms with Crippen molar-refractivity contribution in [2.45, 2.75) is 12.3 Å². The van der Waals surface area contributed by atoms with E-state index in [1.165, 1.54) is 0 Å². The summed E-state index contributed by atoms with van der Waals surface area (Å²) >= 11 is 0. The minimum absolute atomic E-state index is 0.112. The van der Waals surface area contributed by atoms with Crippen LogP contribution in [0.1, 0.15) is 29.0 Å². The van der Waals surface area contributed by atoms with Crippen molar-refractivity contribution in [2.75, 3.05) is 35.5 Å². The second-order valence-electron chi connectivity index (χ2n) is 8.08. The maximum Gasteiger partial charge on any atom is 0.203 e. The van der Waals surface area contributed by atoms with Gasteiger partial charge in [0.1, 0.15) is 5.75 Å². The van der Waals surface area contributed by atoms with Gasteiger partial charge in [-0.3, -0.25) is 0 Å². The van der Waals surface area contributed by atoms with Gasteiger partial charge in [-0.1, -0.05) is 24.3 Å². The molecule has 0 fully saturated rings. The molecule has 3 aromatic rings. The highest BCUT2D eigenvalue weighted by Crippen LogP contribution is 2.51. The fraction of sp³-hybridized carbons (Fsp3) is 0.259. The van der Waals surface area contributed by atoms with Crippen LogP contribution in [0.3, 0.4) is 0 Å². The number of methoxy groups -OCH3 is 5. The van der Waals surface area contributed by atoms with Gasteiger partial charge in [-0.25, -0.2) is 0 Å². The van der Waals surface area contributed by atoms with Crippen LogP contribution in [0.5, 0.6) is 34.5 Å². The standard InChI is InChI=1S/C27H28N2O6/c1-30-18-9-6-8-16(12-18)20-15-21-19-10-7-11-22(31-2)25(19)35-27(29(21)28-20)17-13-23(32-3)26(34-5)24(14-17)33-4/h6-15,21,27-28H,1-5H3. The van der Waals surface area contributed by atoms with Crippen LogP contribution in [0, 0.1) is 0 Å². The second kappa shape index (κ2) is 9.31. The molecule has 182 valence electrons. The number of ether oxygens (including phenoxy) is 6. The van der Waals surface area contributed by atoms with E-state index in [2.05, 4.69) is 16.5 Å². The molecule has 0 saturated heterocycles. The second-order valence-corrected chi connectivity index (χ2v) is 8.08. The topological polar surface area (TPSA) is 70.7 Å². The van der Waals surface area contributed by atoms with Gasteiger partial charge in [0, 0.05) is 16.7 Å². The molecule has 2 unspecified atom stereocenters. The smallest absolute Gasteiger partial charge is 0.203 e. The molecule has 35 heavy (non-hydrogen) atoms. The summed E-state index contributed by atoms with van der Waals surface area (Å²) in [6.07, 6.45) is 1.66. The number of nitrogens with one attached hydrogen (secondary N) is 1. The van der Waals surface area contributed by atoms with Crippen molar-refractivity contribution in [3.05, 3.63) is 77.4 Å². The molecule has 2 aliphatic heterocycles. The van der Waals surface area contributed by atoms with Crippen LogP contribution in [0.15, 0.2) is 60.7 Å². The lowest BCUT2D eigenvalue weighted by Crippen LogP contribution is -2.43. The number of hydrogen-bond acceptors (Lipinski definition) is 8. The van der Waals surface area contributed by atoms with Gasteiger partial charge in [0.25, 0.3) is 0 Å². The third-order valence-corrected chi connectivity index (χ3v) is 6.26. The molecule has 0 amide bonds. The van der Waals surface area contributed by atoms with E-state index in [0.29, 0.717) is 28.7 Å². The Balaban J connectivity index is 1.63. The summed E-state index contributed by atoms with van der Waals surface area (Å²) in [5.41, 5.74) is 7.33. The Bertz CT molecular complexity index is 1250. The molecule has 0 spiro atoms. The van der Waals surface area contributed by atoms with Crippen molar-refractivity contribution >= 4 is 5.70 Å². The molecule has 2 atom stereocenters. The molecule has 2 heterocycles. The summed E-state index contributed by atoms with van der Waals surface area (Å²) in [5, 5.41) is 2.07. The molecule has 2 aliphatic rings. The van der Waals surface area contributed by atoms with Gasteiger partial charge in [0.15, 0.2) is 29.2 Å². The highest BCUT2D eigenvalue weighted by Gasteiger charge is 2.42. The van der Waals surface area contributed by atoms with Gasteiger partial charge in [-0.05, 0) is 36.4 Å². The largest absolute Gasteiger partial charge is 0.497 e. The fourth-order valence-corrected chi connectivity index (χ4v) is 4.57. The van der Waals surface area contributed by atoms with Crippen molar-refractivity contribution < 1.29 is 28.4 Å². The lowest BCUT2D eigenvalue weighted by atomic mass is 10.00. The SMILES string of the molecule is COc1cccc(C2=CC3c4cccc(OC)c4OC(c4cc(OC)c(OC)c(OC)c4)N3N2)c1. The number of fused-ring (bicyclic) bond motifs is 3. The Kier molecular flexibility index (Phi) is 6.05. The summed E-state index contributed by atoms with van der Waals surface area (Å²) in [5.74, 6) is 3.77. The van der Waals surface area contributed by atoms with Gasteiger partial charge >= 0.3 is 0 Å². The normalized spacial score (nSPS) is 18.4. The highest BCUT2D eigenvalue weighted by atomic mass is 16.5. The molecule has 8 heteroatoms. The average Bonchev–Trinajstić information content (AvgIpc) is 3.37. The zero-order chi connectivity index (χ0) is 24.5. The zero-order valence-corrected chi connectivity index (χ0v) is 20.3. The number of benzene rings is 3. The van der Waals surface area contributed by atoms with E-state index in [0.717, 1.165) is 28.1 Å². The zero-order valence-electron chi connectivity index (χ0n) is 20.3. The van der Waals surface area contributed by atoms with Crippen molar-refractivity contribution in [2.24, 2.45) is 0 Å². The number of rotatable bonds is 7. The van der Waals surface area contributed by atoms with Crippen LogP contribution in [-0.2, 0) is 0 Å². The molecule has 5 rings (SSSR count). The highest BCUT2D eigenvalue weighted by molar-refractivity contribution is 5.69. The minimum atomic E-state index is -0.517. The van der Waals surface area contributed by atoms with Crippen LogP contribution >= 0.6 is 0 Å². The van der Waals surface area contributed by atoms with Gasteiger partial charge in [0.2, 0.25) is 5.75 Å². The van der Waals surface area contributed by atoms with E-state index in [1.807, 2.05) is 54.6 Å². The minimum Gasteiger partial charge on any atom is -0.497 e. The lowest BCUT2D eigenvalue weighted by Gasteiger charge is -2.39. The average molecular weight is 477 g/mol. The Morgan fingerprint density at radius 3 is 2.14 bits per heavy atom. The predicted octanol–water partition coefficient (Wildman–Crippen LogP) is 4.72. The van der Waals surface area contributed by atoms with Crippen molar-refractivity contribution in [1.82, 2.24) is 10.4 Å². The molecule has 0 bridgehead atoms. The third-order valence-electron chi connectivity index (χ3n) is 6.26. The number of hydrogen-bond donors (Lipinski definition) is 1. The molecule has 3 aromatic carbocycles. The van der Waals surface area contributed by atoms with Crippen LogP contribution < -0.4 is 33.8 Å². The number of nitrogens with zero attached hydrogens (tertiary/aromatic N) is 1. The number of hydrazine groups is 1. The monoisotopic (exact) mass is 476 g/mol. The van der Waals surface area contributed by atoms with Gasteiger partial charge < -0.3 is 33.8 Å². The molecule has 1 N–H and O–H groups in total. The quantitative estimate of drug-likeness (QED) is 0.525. The molecule has 0 radical (unpaired) electrons. The van der Waals surface area contributed by atoms with E-state index >= 15 is 0 Å². The molecule has 0 saturated carbocycles. The first-order valence-electron chi connectivity index (χ1n) is 11.2. The first-order valence-corrected chi connectivity index (χ1v) is 11.2. The lowest BCUT2D eigenvalue weighted by molar-refractivity contribution is -0.0345. The fourth-order valence-electron chi connectivity index (χ4n) is 4.57. The summed E-state index contributed by atoms with van der Waals surface area (Å²) in [6.45, 7) is 0. The Morgan fingerprint density at radius 1 is 0.771 bits per heavy atom. The van der Waals surface area contributed by atoms with Crippen molar-refractivity contribution in [3.8, 4) is 34.5 Å². The van der Waals surface area contributed by atoms with Gasteiger partial charge in [0.05, 0.1) is 47.3 Å². The van der Waals surface area contributed by atoms with Gasteiger partial charge in [-0.2, -0.15) is 5.01 Å². The van der Waals surface area contributed by atoms with Crippen molar-refractivity contribution in [3.63, 3.8) is 0 Å². The summed E-state index contributed by atoms with van der Waals surface area (Å²) < 4.78 is 34.4. The van der Waals surface area contributed by atoms with E-state index in [-0.39, 0.29) is 6.04 Å². The molecule has 8 nitrogen and oxygen atoms in total. The summed E-state index contributed by atoms with van der Waals surface area (Å²) in [7, 11) is 8.08. The molecule has 0 aromatic heterocycles. The Morgan fingerprint density at radius 2 is 1.49 bits per heavy atom. The van der Waals surface area contributed by atoms with Crippen LogP contribution in [0.4, 0.5) is 0 Å². The molecule has 0 aliphatic carbocycles. The van der Waals surface area contributed by atoms with E-state index in [9.17, 15) is 0 Å². The van der Waals surface area contributed by atoms with Crippen LogP contribution in [0.25, 0.3) is 5.70 Å². The first kappa shape index (κ1) is 22.7. The summed E-state index contributed by atoms with van der Waals surface area (Å²) in [4.78, 5) is 0.